The first-order valence-electron chi connectivity index (χ1n) is 9.36. The fourth-order valence-electron chi connectivity index (χ4n) is 3.92. The maximum Gasteiger partial charge on any atom is 0.143 e. The largest absolute Gasteiger partial charge is 0.369 e. The molecule has 0 atom stereocenters. The van der Waals surface area contributed by atoms with Crippen LogP contribution >= 0.6 is 0 Å². The van der Waals surface area contributed by atoms with Gasteiger partial charge >= 0.3 is 0 Å². The number of Topliss-reactive ketones (excluding diaryl/α,β-unsaturated/α-hetero) is 1. The number of ketones is 1. The van der Waals surface area contributed by atoms with Gasteiger partial charge in [-0.3, -0.25) is 14.6 Å². The summed E-state index contributed by atoms with van der Waals surface area (Å²) in [5.74, 6) is 1.14. The molecule has 0 aliphatic carbocycles. The van der Waals surface area contributed by atoms with Crippen molar-refractivity contribution in [2.75, 3.05) is 57.3 Å². The maximum atomic E-state index is 11.2. The van der Waals surface area contributed by atoms with E-state index in [0.717, 1.165) is 45.2 Å². The van der Waals surface area contributed by atoms with E-state index in [0.29, 0.717) is 12.3 Å². The zero-order chi connectivity index (χ0) is 16.8. The van der Waals surface area contributed by atoms with E-state index in [2.05, 4.69) is 39.0 Å². The Labute approximate surface area is 146 Å². The molecule has 4 nitrogen and oxygen atoms in total. The molecule has 0 unspecified atom stereocenters. The normalized spacial score (nSPS) is 21.1. The summed E-state index contributed by atoms with van der Waals surface area (Å²) in [5.41, 5.74) is 1.30. The fourth-order valence-corrected chi connectivity index (χ4v) is 3.92. The Morgan fingerprint density at radius 1 is 1.12 bits per heavy atom. The van der Waals surface area contributed by atoms with Gasteiger partial charge in [0.25, 0.3) is 0 Å². The highest BCUT2D eigenvalue weighted by atomic mass is 16.1. The summed E-state index contributed by atoms with van der Waals surface area (Å²) in [7, 11) is 0. The van der Waals surface area contributed by atoms with Crippen molar-refractivity contribution in [3.63, 3.8) is 0 Å². The van der Waals surface area contributed by atoms with Crippen molar-refractivity contribution in [3.8, 4) is 0 Å². The number of carbonyl (C=O) groups is 1. The second-order valence-electron chi connectivity index (χ2n) is 7.30. The molecule has 0 bridgehead atoms. The third-order valence-electron chi connectivity index (χ3n) is 5.44. The van der Waals surface area contributed by atoms with Crippen molar-refractivity contribution in [1.29, 1.82) is 0 Å². The maximum absolute atomic E-state index is 11.2. The molecule has 2 fully saturated rings. The van der Waals surface area contributed by atoms with Gasteiger partial charge in [0.15, 0.2) is 0 Å². The average Bonchev–Trinajstić information content (AvgIpc) is 2.62. The predicted molar refractivity (Wildman–Crippen MR) is 98.4 cm³/mol. The molecule has 131 valence electrons. The zero-order valence-electron chi connectivity index (χ0n) is 14.9. The first kappa shape index (κ1) is 17.4. The number of hydrogen-bond donors (Lipinski definition) is 0. The number of carbonyl (C=O) groups excluding carboxylic acids is 1. The number of likely N-dealkylation sites (tertiary alicyclic amines) is 1. The molecule has 1 aromatic carbocycles. The molecule has 2 aliphatic heterocycles. The number of hydrogen-bond acceptors (Lipinski definition) is 4. The molecule has 1 aromatic rings. The second kappa shape index (κ2) is 8.63. The molecular weight excluding hydrogens is 298 g/mol. The first-order chi connectivity index (χ1) is 11.7. The molecule has 0 spiro atoms. The monoisotopic (exact) mass is 328 g/mol. The molecule has 0 N–H and O–H groups in total. The minimum absolute atomic E-state index is 0.294. The summed E-state index contributed by atoms with van der Waals surface area (Å²) in [6.45, 7) is 10.3. The molecule has 4 heteroatoms. The van der Waals surface area contributed by atoms with Gasteiger partial charge in [0, 0.05) is 31.9 Å². The fraction of sp³-hybridized carbons (Fsp3) is 0.650. The quantitative estimate of drug-likeness (QED) is 0.801. The summed E-state index contributed by atoms with van der Waals surface area (Å²) >= 11 is 0. The molecule has 0 amide bonds. The van der Waals surface area contributed by atoms with Crippen LogP contribution in [0.2, 0.25) is 0 Å². The van der Waals surface area contributed by atoms with Crippen LogP contribution in [0.5, 0.6) is 0 Å². The summed E-state index contributed by atoms with van der Waals surface area (Å²) in [6.07, 6.45) is 3.83. The van der Waals surface area contributed by atoms with Gasteiger partial charge in [-0.05, 0) is 69.9 Å². The van der Waals surface area contributed by atoms with Crippen molar-refractivity contribution in [2.45, 2.75) is 26.2 Å². The summed E-state index contributed by atoms with van der Waals surface area (Å²) in [6, 6.07) is 11.5. The number of benzene rings is 1. The number of nitrogens with zero attached hydrogens (tertiary/aromatic N) is 3. The molecular formula is C20H30N3O. The van der Waals surface area contributed by atoms with E-state index in [1.165, 1.54) is 31.5 Å². The third kappa shape index (κ3) is 5.05. The highest BCUT2D eigenvalue weighted by Crippen LogP contribution is 2.21. The van der Waals surface area contributed by atoms with Crippen molar-refractivity contribution in [3.05, 3.63) is 30.3 Å². The Hall–Kier alpha value is -1.39. The molecule has 2 saturated heterocycles. The Morgan fingerprint density at radius 3 is 2.50 bits per heavy atom. The highest BCUT2D eigenvalue weighted by molar-refractivity contribution is 5.77. The lowest BCUT2D eigenvalue weighted by Gasteiger charge is -2.37. The number of anilines is 1. The second-order valence-corrected chi connectivity index (χ2v) is 7.30. The van der Waals surface area contributed by atoms with Gasteiger partial charge in [-0.15, -0.1) is 0 Å². The zero-order valence-corrected chi connectivity index (χ0v) is 14.9. The topological polar surface area (TPSA) is 26.8 Å². The van der Waals surface area contributed by atoms with Crippen molar-refractivity contribution in [1.82, 2.24) is 9.80 Å². The minimum Gasteiger partial charge on any atom is -0.369 e. The van der Waals surface area contributed by atoms with E-state index in [9.17, 15) is 4.79 Å². The molecule has 2 aliphatic rings. The Kier molecular flexibility index (Phi) is 6.27. The lowest BCUT2D eigenvalue weighted by molar-refractivity contribution is -0.118. The van der Waals surface area contributed by atoms with Gasteiger partial charge in [-0.2, -0.15) is 0 Å². The Morgan fingerprint density at radius 2 is 1.88 bits per heavy atom. The molecule has 24 heavy (non-hydrogen) atoms. The van der Waals surface area contributed by atoms with Gasteiger partial charge in [0.1, 0.15) is 5.78 Å². The SMILES string of the molecule is CC(=O)CN1CCC(CCN2CCN(c3c[c]ccc3)CC2)CC1. The van der Waals surface area contributed by atoms with E-state index in [4.69, 9.17) is 0 Å². The van der Waals surface area contributed by atoms with Crippen molar-refractivity contribution < 1.29 is 4.79 Å². The number of rotatable bonds is 6. The van der Waals surface area contributed by atoms with Crippen LogP contribution in [0.15, 0.2) is 24.3 Å². The highest BCUT2D eigenvalue weighted by Gasteiger charge is 2.22. The molecule has 0 saturated carbocycles. The lowest BCUT2D eigenvalue weighted by atomic mass is 9.93. The Bertz CT molecular complexity index is 503. The van der Waals surface area contributed by atoms with Gasteiger partial charge in [0.2, 0.25) is 0 Å². The van der Waals surface area contributed by atoms with E-state index < -0.39 is 0 Å². The summed E-state index contributed by atoms with van der Waals surface area (Å²) in [4.78, 5) is 18.6. The lowest BCUT2D eigenvalue weighted by Crippen LogP contribution is -2.47. The molecule has 3 rings (SSSR count). The average molecular weight is 328 g/mol. The van der Waals surface area contributed by atoms with Crippen LogP contribution in [0.1, 0.15) is 26.2 Å². The molecule has 0 aromatic heterocycles. The van der Waals surface area contributed by atoms with Crippen LogP contribution in [0.3, 0.4) is 0 Å². The first-order valence-corrected chi connectivity index (χ1v) is 9.36. The number of piperazine rings is 1. The van der Waals surface area contributed by atoms with E-state index in [-0.39, 0.29) is 0 Å². The van der Waals surface area contributed by atoms with Crippen LogP contribution in [0, 0.1) is 12.0 Å². The van der Waals surface area contributed by atoms with Crippen molar-refractivity contribution >= 4 is 11.5 Å². The van der Waals surface area contributed by atoms with Crippen molar-refractivity contribution in [2.24, 2.45) is 5.92 Å². The van der Waals surface area contributed by atoms with Gasteiger partial charge in [0.05, 0.1) is 6.54 Å². The van der Waals surface area contributed by atoms with Gasteiger partial charge in [-0.25, -0.2) is 0 Å². The van der Waals surface area contributed by atoms with E-state index >= 15 is 0 Å². The van der Waals surface area contributed by atoms with Gasteiger partial charge < -0.3 is 4.90 Å². The van der Waals surface area contributed by atoms with E-state index in [1.807, 2.05) is 6.07 Å². The standard InChI is InChI=1S/C20H30N3O/c1-18(24)17-22-11-8-19(9-12-22)7-10-21-13-15-23(16-14-21)20-5-3-2-4-6-20/h2-3,5-6,19H,7-17H2,1H3. The summed E-state index contributed by atoms with van der Waals surface area (Å²) < 4.78 is 0. The van der Waals surface area contributed by atoms with E-state index in [1.54, 1.807) is 6.92 Å². The number of piperidine rings is 1. The van der Waals surface area contributed by atoms with Crippen LogP contribution in [0.4, 0.5) is 5.69 Å². The summed E-state index contributed by atoms with van der Waals surface area (Å²) in [5, 5.41) is 0. The molecule has 2 heterocycles. The van der Waals surface area contributed by atoms with Crippen LogP contribution in [0.25, 0.3) is 0 Å². The minimum atomic E-state index is 0.294. The third-order valence-corrected chi connectivity index (χ3v) is 5.44. The van der Waals surface area contributed by atoms with Crippen LogP contribution < -0.4 is 4.90 Å². The predicted octanol–water partition coefficient (Wildman–Crippen LogP) is 2.30. The Balaban J connectivity index is 1.33. The van der Waals surface area contributed by atoms with Crippen LogP contribution in [-0.4, -0.2) is 67.9 Å². The van der Waals surface area contributed by atoms with Crippen LogP contribution in [-0.2, 0) is 4.79 Å². The van der Waals surface area contributed by atoms with Gasteiger partial charge in [-0.1, -0.05) is 12.1 Å². The smallest absolute Gasteiger partial charge is 0.143 e. The molecule has 1 radical (unpaired) electrons.